The van der Waals surface area contributed by atoms with Crippen molar-refractivity contribution in [2.75, 3.05) is 0 Å². The molecule has 0 atom stereocenters. The minimum absolute atomic E-state index is 0.00909. The van der Waals surface area contributed by atoms with Crippen LogP contribution in [0.5, 0.6) is 0 Å². The Balaban J connectivity index is 0.000000861. The zero-order valence-corrected chi connectivity index (χ0v) is 11.8. The molecule has 0 fully saturated rings. The number of hydrogen-bond acceptors (Lipinski definition) is 2. The van der Waals surface area contributed by atoms with Gasteiger partial charge < -0.3 is 0 Å². The van der Waals surface area contributed by atoms with Gasteiger partial charge in [-0.25, -0.2) is 4.98 Å². The van der Waals surface area contributed by atoms with Crippen molar-refractivity contribution in [3.8, 4) is 0 Å². The molecule has 1 aromatic heterocycles. The highest BCUT2D eigenvalue weighted by Crippen LogP contribution is 2.17. The van der Waals surface area contributed by atoms with Crippen LogP contribution in [0.25, 0.3) is 0 Å². The van der Waals surface area contributed by atoms with Crippen LogP contribution in [0.15, 0.2) is 36.5 Å². The zero-order valence-electron chi connectivity index (χ0n) is 11.1. The molecule has 0 saturated carbocycles. The smallest absolute Gasteiger partial charge is 0.224 e. The van der Waals surface area contributed by atoms with E-state index in [1.807, 2.05) is 13.8 Å². The predicted octanol–water partition coefficient (Wildman–Crippen LogP) is 4.44. The van der Waals surface area contributed by atoms with E-state index in [1.54, 1.807) is 37.3 Å². The molecule has 0 saturated heterocycles. The second kappa shape index (κ2) is 7.00. The Morgan fingerprint density at radius 3 is 2.26 bits per heavy atom. The van der Waals surface area contributed by atoms with Gasteiger partial charge in [0, 0.05) is 16.8 Å². The molecule has 0 spiro atoms. The molecule has 0 unspecified atom stereocenters. The van der Waals surface area contributed by atoms with E-state index in [-0.39, 0.29) is 11.3 Å². The molecule has 1 heterocycles. The van der Waals surface area contributed by atoms with Crippen LogP contribution >= 0.6 is 11.6 Å². The van der Waals surface area contributed by atoms with E-state index in [9.17, 15) is 9.18 Å². The molecule has 2 aromatic rings. The molecule has 0 aliphatic rings. The van der Waals surface area contributed by atoms with Crippen molar-refractivity contribution in [1.29, 1.82) is 0 Å². The lowest BCUT2D eigenvalue weighted by Crippen LogP contribution is -2.08. The van der Waals surface area contributed by atoms with Gasteiger partial charge in [0.05, 0.1) is 5.56 Å². The molecule has 2 nitrogen and oxygen atoms in total. The molecule has 0 radical (unpaired) electrons. The average molecular weight is 280 g/mol. The summed E-state index contributed by atoms with van der Waals surface area (Å²) >= 11 is 5.73. The molecule has 0 bridgehead atoms. The molecule has 100 valence electrons. The number of carbonyl (C=O) groups is 1. The van der Waals surface area contributed by atoms with Crippen molar-refractivity contribution in [2.45, 2.75) is 20.8 Å². The van der Waals surface area contributed by atoms with Crippen molar-refractivity contribution >= 4 is 17.4 Å². The number of rotatable bonds is 2. The van der Waals surface area contributed by atoms with Gasteiger partial charge in [0.15, 0.2) is 5.78 Å². The summed E-state index contributed by atoms with van der Waals surface area (Å²) in [5.74, 6) is -1.13. The third-order valence-electron chi connectivity index (χ3n) is 2.45. The number of hydrogen-bond donors (Lipinski definition) is 0. The van der Waals surface area contributed by atoms with E-state index >= 15 is 0 Å². The van der Waals surface area contributed by atoms with Crippen LogP contribution in [0.3, 0.4) is 0 Å². The van der Waals surface area contributed by atoms with Crippen molar-refractivity contribution in [3.05, 3.63) is 64.2 Å². The van der Waals surface area contributed by atoms with Gasteiger partial charge in [-0.1, -0.05) is 25.4 Å². The molecule has 19 heavy (non-hydrogen) atoms. The van der Waals surface area contributed by atoms with E-state index in [0.29, 0.717) is 16.1 Å². The molecule has 0 aliphatic heterocycles. The zero-order chi connectivity index (χ0) is 14.4. The summed E-state index contributed by atoms with van der Waals surface area (Å²) in [7, 11) is 0. The first kappa shape index (κ1) is 15.3. The highest BCUT2D eigenvalue weighted by atomic mass is 35.5. The number of pyridine rings is 1. The van der Waals surface area contributed by atoms with Crippen molar-refractivity contribution in [1.82, 2.24) is 4.98 Å². The second-order valence-electron chi connectivity index (χ2n) is 3.63. The van der Waals surface area contributed by atoms with Crippen LogP contribution in [-0.4, -0.2) is 10.8 Å². The third kappa shape index (κ3) is 3.61. The highest BCUT2D eigenvalue weighted by molar-refractivity contribution is 6.30. The maximum absolute atomic E-state index is 13.5. The van der Waals surface area contributed by atoms with E-state index in [2.05, 4.69) is 4.98 Å². The van der Waals surface area contributed by atoms with Crippen molar-refractivity contribution in [2.24, 2.45) is 0 Å². The Morgan fingerprint density at radius 1 is 1.16 bits per heavy atom. The number of benzene rings is 1. The lowest BCUT2D eigenvalue weighted by molar-refractivity contribution is 0.103. The highest BCUT2D eigenvalue weighted by Gasteiger charge is 2.17. The number of nitrogens with zero attached hydrogens (tertiary/aromatic N) is 1. The third-order valence-corrected chi connectivity index (χ3v) is 2.70. The summed E-state index contributed by atoms with van der Waals surface area (Å²) in [6.07, 6.45) is 1.34. The normalized spacial score (nSPS) is 9.53. The van der Waals surface area contributed by atoms with E-state index in [1.165, 1.54) is 6.20 Å². The molecule has 4 heteroatoms. The van der Waals surface area contributed by atoms with Crippen molar-refractivity contribution in [3.63, 3.8) is 0 Å². The van der Waals surface area contributed by atoms with Crippen LogP contribution in [-0.2, 0) is 0 Å². The maximum atomic E-state index is 13.5. The average Bonchev–Trinajstić information content (AvgIpc) is 2.41. The molecule has 1 aromatic carbocycles. The SMILES string of the molecule is CC.Cc1ccnc(F)c1C(=O)c1ccc(Cl)cc1. The molecule has 0 amide bonds. The van der Waals surface area contributed by atoms with Gasteiger partial charge in [-0.15, -0.1) is 0 Å². The van der Waals surface area contributed by atoms with Gasteiger partial charge in [0.2, 0.25) is 5.95 Å². The number of aromatic nitrogens is 1. The summed E-state index contributed by atoms with van der Waals surface area (Å²) < 4.78 is 13.5. The Bertz CT molecular complexity index is 547. The quantitative estimate of drug-likeness (QED) is 0.601. The molecule has 0 aliphatic carbocycles. The summed E-state index contributed by atoms with van der Waals surface area (Å²) in [4.78, 5) is 15.6. The van der Waals surface area contributed by atoms with Crippen LogP contribution in [0.4, 0.5) is 4.39 Å². The number of halogens is 2. The van der Waals surface area contributed by atoms with Gasteiger partial charge in [0.25, 0.3) is 0 Å². The van der Waals surface area contributed by atoms with Crippen LogP contribution in [0, 0.1) is 12.9 Å². The van der Waals surface area contributed by atoms with Crippen LogP contribution < -0.4 is 0 Å². The van der Waals surface area contributed by atoms with Gasteiger partial charge >= 0.3 is 0 Å². The molecule has 0 N–H and O–H groups in total. The van der Waals surface area contributed by atoms with E-state index < -0.39 is 5.95 Å². The lowest BCUT2D eigenvalue weighted by atomic mass is 10.0. The summed E-state index contributed by atoms with van der Waals surface area (Å²) in [5.41, 5.74) is 0.969. The van der Waals surface area contributed by atoms with Gasteiger partial charge in [-0.3, -0.25) is 4.79 Å². The standard InChI is InChI=1S/C13H9ClFNO.C2H6/c1-8-6-7-16-13(15)11(8)12(17)9-2-4-10(14)5-3-9;1-2/h2-7H,1H3;1-2H3. The lowest BCUT2D eigenvalue weighted by Gasteiger charge is -2.05. The summed E-state index contributed by atoms with van der Waals surface area (Å²) in [6.45, 7) is 5.67. The second-order valence-corrected chi connectivity index (χ2v) is 4.07. The number of ketones is 1. The van der Waals surface area contributed by atoms with Crippen molar-refractivity contribution < 1.29 is 9.18 Å². The minimum atomic E-state index is -0.745. The molecule has 2 rings (SSSR count). The largest absolute Gasteiger partial charge is 0.288 e. The first-order valence-electron chi connectivity index (χ1n) is 6.01. The number of aryl methyl sites for hydroxylation is 1. The Kier molecular flexibility index (Phi) is 5.64. The Hall–Kier alpha value is -1.74. The van der Waals surface area contributed by atoms with Gasteiger partial charge in [-0.2, -0.15) is 4.39 Å². The van der Waals surface area contributed by atoms with Crippen LogP contribution in [0.1, 0.15) is 35.3 Å². The number of carbonyl (C=O) groups excluding carboxylic acids is 1. The van der Waals surface area contributed by atoms with Gasteiger partial charge in [0.1, 0.15) is 0 Å². The summed E-state index contributed by atoms with van der Waals surface area (Å²) in [6, 6.07) is 7.93. The first-order chi connectivity index (χ1) is 9.09. The van der Waals surface area contributed by atoms with Crippen LogP contribution in [0.2, 0.25) is 5.02 Å². The Labute approximate surface area is 117 Å². The predicted molar refractivity (Wildman–Crippen MR) is 75.2 cm³/mol. The summed E-state index contributed by atoms with van der Waals surface area (Å²) in [5, 5.41) is 0.532. The topological polar surface area (TPSA) is 30.0 Å². The van der Waals surface area contributed by atoms with E-state index in [0.717, 1.165) is 0 Å². The fourth-order valence-corrected chi connectivity index (χ4v) is 1.67. The monoisotopic (exact) mass is 279 g/mol. The van der Waals surface area contributed by atoms with E-state index in [4.69, 9.17) is 11.6 Å². The van der Waals surface area contributed by atoms with Gasteiger partial charge in [-0.05, 0) is 42.8 Å². The fraction of sp³-hybridized carbons (Fsp3) is 0.200. The Morgan fingerprint density at radius 2 is 1.74 bits per heavy atom. The molecular formula is C15H15ClFNO. The fourth-order valence-electron chi connectivity index (χ4n) is 1.54. The molecular weight excluding hydrogens is 265 g/mol. The minimum Gasteiger partial charge on any atom is -0.288 e. The first-order valence-corrected chi connectivity index (χ1v) is 6.39. The maximum Gasteiger partial charge on any atom is 0.224 e.